The second-order valence-electron chi connectivity index (χ2n) is 6.13. The van der Waals surface area contributed by atoms with Crippen LogP contribution in [0.25, 0.3) is 0 Å². The van der Waals surface area contributed by atoms with Gasteiger partial charge in [0.05, 0.1) is 0 Å². The van der Waals surface area contributed by atoms with Crippen molar-refractivity contribution in [2.75, 3.05) is 0 Å². The number of fused-ring (bicyclic) bond motifs is 1. The summed E-state index contributed by atoms with van der Waals surface area (Å²) in [5.74, 6) is 1.72. The van der Waals surface area contributed by atoms with Crippen LogP contribution in [0.1, 0.15) is 41.4 Å². The SMILES string of the molecule is O=C(CC1Cc2ccccc21)C1CC1c1ccccc1. The highest BCUT2D eigenvalue weighted by Crippen LogP contribution is 2.50. The molecule has 0 aliphatic heterocycles. The van der Waals surface area contributed by atoms with Gasteiger partial charge >= 0.3 is 0 Å². The zero-order valence-electron chi connectivity index (χ0n) is 11.5. The van der Waals surface area contributed by atoms with Crippen LogP contribution in [0.4, 0.5) is 0 Å². The summed E-state index contributed by atoms with van der Waals surface area (Å²) in [6, 6.07) is 19.0. The molecule has 0 radical (unpaired) electrons. The van der Waals surface area contributed by atoms with Crippen molar-refractivity contribution in [1.29, 1.82) is 0 Å². The summed E-state index contributed by atoms with van der Waals surface area (Å²) < 4.78 is 0. The highest BCUT2D eigenvalue weighted by Gasteiger charge is 2.44. The van der Waals surface area contributed by atoms with E-state index < -0.39 is 0 Å². The third-order valence-corrected chi connectivity index (χ3v) is 4.84. The smallest absolute Gasteiger partial charge is 0.137 e. The molecule has 1 fully saturated rings. The molecule has 0 heterocycles. The molecular weight excluding hydrogens is 244 g/mol. The minimum atomic E-state index is 0.283. The Morgan fingerprint density at radius 2 is 1.75 bits per heavy atom. The number of carbonyl (C=O) groups excluding carboxylic acids is 1. The first-order chi connectivity index (χ1) is 9.83. The Kier molecular flexibility index (Phi) is 2.73. The molecule has 1 heteroatoms. The van der Waals surface area contributed by atoms with Crippen molar-refractivity contribution in [3.8, 4) is 0 Å². The molecule has 0 N–H and O–H groups in total. The summed E-state index contributed by atoms with van der Waals surface area (Å²) in [7, 11) is 0. The maximum atomic E-state index is 12.4. The lowest BCUT2D eigenvalue weighted by Crippen LogP contribution is -2.20. The summed E-state index contributed by atoms with van der Waals surface area (Å²) in [6.45, 7) is 0. The fraction of sp³-hybridized carbons (Fsp3) is 0.316. The lowest BCUT2D eigenvalue weighted by Gasteiger charge is -2.29. The van der Waals surface area contributed by atoms with Crippen molar-refractivity contribution in [3.05, 3.63) is 71.3 Å². The minimum absolute atomic E-state index is 0.283. The first kappa shape index (κ1) is 11.9. The Bertz CT molecular complexity index is 644. The summed E-state index contributed by atoms with van der Waals surface area (Å²) >= 11 is 0. The van der Waals surface area contributed by atoms with Gasteiger partial charge in [0.25, 0.3) is 0 Å². The predicted molar refractivity (Wildman–Crippen MR) is 79.8 cm³/mol. The first-order valence-corrected chi connectivity index (χ1v) is 7.48. The number of hydrogen-bond acceptors (Lipinski definition) is 1. The van der Waals surface area contributed by atoms with Gasteiger partial charge in [-0.15, -0.1) is 0 Å². The maximum absolute atomic E-state index is 12.4. The van der Waals surface area contributed by atoms with Crippen LogP contribution in [0.2, 0.25) is 0 Å². The topological polar surface area (TPSA) is 17.1 Å². The molecule has 1 saturated carbocycles. The quantitative estimate of drug-likeness (QED) is 0.811. The second-order valence-corrected chi connectivity index (χ2v) is 6.13. The Balaban J connectivity index is 1.39. The zero-order valence-corrected chi connectivity index (χ0v) is 11.5. The van der Waals surface area contributed by atoms with E-state index in [2.05, 4.69) is 48.5 Å². The summed E-state index contributed by atoms with van der Waals surface area (Å²) in [4.78, 5) is 12.4. The average molecular weight is 262 g/mol. The fourth-order valence-electron chi connectivity index (χ4n) is 3.56. The van der Waals surface area contributed by atoms with Gasteiger partial charge in [-0.1, -0.05) is 54.6 Å². The van der Waals surface area contributed by atoms with Gasteiger partial charge in [-0.05, 0) is 41.4 Å². The molecule has 2 aliphatic carbocycles. The van der Waals surface area contributed by atoms with Crippen molar-refractivity contribution >= 4 is 5.78 Å². The van der Waals surface area contributed by atoms with E-state index in [1.807, 2.05) is 6.07 Å². The molecular formula is C19H18O. The first-order valence-electron chi connectivity index (χ1n) is 7.48. The Morgan fingerprint density at radius 1 is 1.00 bits per heavy atom. The molecule has 2 aliphatic rings. The normalized spacial score (nSPS) is 26.5. The van der Waals surface area contributed by atoms with Crippen LogP contribution < -0.4 is 0 Å². The van der Waals surface area contributed by atoms with Crippen molar-refractivity contribution in [3.63, 3.8) is 0 Å². The van der Waals surface area contributed by atoms with Crippen LogP contribution >= 0.6 is 0 Å². The van der Waals surface area contributed by atoms with E-state index in [0.717, 1.165) is 19.3 Å². The molecule has 0 bridgehead atoms. The van der Waals surface area contributed by atoms with Crippen LogP contribution in [0.5, 0.6) is 0 Å². The highest BCUT2D eigenvalue weighted by atomic mass is 16.1. The van der Waals surface area contributed by atoms with Crippen molar-refractivity contribution in [1.82, 2.24) is 0 Å². The van der Waals surface area contributed by atoms with Crippen molar-refractivity contribution in [2.24, 2.45) is 5.92 Å². The molecule has 0 spiro atoms. The van der Waals surface area contributed by atoms with Gasteiger partial charge in [-0.25, -0.2) is 0 Å². The van der Waals surface area contributed by atoms with E-state index in [1.54, 1.807) is 0 Å². The van der Waals surface area contributed by atoms with Crippen LogP contribution in [-0.2, 0) is 11.2 Å². The molecule has 0 saturated heterocycles. The second kappa shape index (κ2) is 4.59. The average Bonchev–Trinajstić information content (AvgIpc) is 3.26. The molecule has 0 amide bonds. The van der Waals surface area contributed by atoms with Crippen LogP contribution in [-0.4, -0.2) is 5.78 Å². The van der Waals surface area contributed by atoms with Gasteiger partial charge in [0.15, 0.2) is 0 Å². The molecule has 1 nitrogen and oxygen atoms in total. The van der Waals surface area contributed by atoms with Crippen LogP contribution in [0.15, 0.2) is 54.6 Å². The molecule has 0 aromatic heterocycles. The number of hydrogen-bond donors (Lipinski definition) is 0. The van der Waals surface area contributed by atoms with Gasteiger partial charge < -0.3 is 0 Å². The largest absolute Gasteiger partial charge is 0.299 e. The third-order valence-electron chi connectivity index (χ3n) is 4.84. The van der Waals surface area contributed by atoms with E-state index in [0.29, 0.717) is 17.6 Å². The Labute approximate surface area is 119 Å². The number of rotatable bonds is 4. The van der Waals surface area contributed by atoms with Gasteiger partial charge in [0.2, 0.25) is 0 Å². The molecule has 2 aromatic carbocycles. The van der Waals surface area contributed by atoms with Gasteiger partial charge in [0.1, 0.15) is 5.78 Å². The monoisotopic (exact) mass is 262 g/mol. The van der Waals surface area contributed by atoms with Gasteiger partial charge in [-0.3, -0.25) is 4.79 Å². The number of benzene rings is 2. The van der Waals surface area contributed by atoms with Crippen molar-refractivity contribution in [2.45, 2.75) is 31.1 Å². The molecule has 100 valence electrons. The molecule has 4 rings (SSSR count). The van der Waals surface area contributed by atoms with Crippen molar-refractivity contribution < 1.29 is 4.79 Å². The van der Waals surface area contributed by atoms with E-state index in [4.69, 9.17) is 0 Å². The molecule has 3 unspecified atom stereocenters. The van der Waals surface area contributed by atoms with E-state index in [1.165, 1.54) is 16.7 Å². The third kappa shape index (κ3) is 1.98. The number of carbonyl (C=O) groups is 1. The summed E-state index contributed by atoms with van der Waals surface area (Å²) in [5.41, 5.74) is 4.17. The fourth-order valence-corrected chi connectivity index (χ4v) is 3.56. The Morgan fingerprint density at radius 3 is 2.55 bits per heavy atom. The van der Waals surface area contributed by atoms with Gasteiger partial charge in [0, 0.05) is 12.3 Å². The summed E-state index contributed by atoms with van der Waals surface area (Å²) in [6.07, 6.45) is 2.88. The lowest BCUT2D eigenvalue weighted by atomic mass is 9.74. The van der Waals surface area contributed by atoms with Crippen LogP contribution in [0.3, 0.4) is 0 Å². The number of Topliss-reactive ketones (excluding diaryl/α,β-unsaturated/α-hetero) is 1. The Hall–Kier alpha value is -1.89. The molecule has 2 aromatic rings. The summed E-state index contributed by atoms with van der Waals surface area (Å²) in [5, 5.41) is 0. The molecule has 20 heavy (non-hydrogen) atoms. The highest BCUT2D eigenvalue weighted by molar-refractivity contribution is 5.86. The minimum Gasteiger partial charge on any atom is -0.299 e. The van der Waals surface area contributed by atoms with E-state index in [9.17, 15) is 4.79 Å². The van der Waals surface area contributed by atoms with Gasteiger partial charge in [-0.2, -0.15) is 0 Å². The van der Waals surface area contributed by atoms with E-state index in [-0.39, 0.29) is 5.92 Å². The standard InChI is InChI=1S/C19H18O/c20-19(11-15-10-14-8-4-5-9-16(14)15)18-12-17(18)13-6-2-1-3-7-13/h1-9,15,17-18H,10-12H2. The maximum Gasteiger partial charge on any atom is 0.137 e. The zero-order chi connectivity index (χ0) is 13.5. The number of ketones is 1. The predicted octanol–water partition coefficient (Wildman–Crippen LogP) is 4.09. The lowest BCUT2D eigenvalue weighted by molar-refractivity contribution is -0.120. The van der Waals surface area contributed by atoms with E-state index >= 15 is 0 Å². The molecule has 3 atom stereocenters. The van der Waals surface area contributed by atoms with Crippen LogP contribution in [0, 0.1) is 5.92 Å².